The molecule has 1 N–H and O–H groups in total. The van der Waals surface area contributed by atoms with E-state index in [0.717, 1.165) is 6.21 Å². The summed E-state index contributed by atoms with van der Waals surface area (Å²) < 4.78 is 4.30. The lowest BCUT2D eigenvalue weighted by atomic mass is 10.2. The monoisotopic (exact) mass is 142 g/mol. The van der Waals surface area contributed by atoms with Gasteiger partial charge in [0.25, 0.3) is 0 Å². The van der Waals surface area contributed by atoms with Crippen LogP contribution in [-0.4, -0.2) is 31.1 Å². The van der Waals surface area contributed by atoms with Gasteiger partial charge in [0, 0.05) is 0 Å². The van der Waals surface area contributed by atoms with Gasteiger partial charge in [0.1, 0.15) is 0 Å². The molecule has 5 heteroatoms. The quantitative estimate of drug-likeness (QED) is 0.364. The van der Waals surface area contributed by atoms with Crippen molar-refractivity contribution in [3.63, 3.8) is 0 Å². The van der Waals surface area contributed by atoms with E-state index in [1.54, 1.807) is 0 Å². The molecule has 5 nitrogen and oxygen atoms in total. The lowest BCUT2D eigenvalue weighted by molar-refractivity contribution is -0.144. The number of ketones is 1. The highest BCUT2D eigenvalue weighted by molar-refractivity contribution is 6.36. The largest absolute Gasteiger partial charge is 0.467 e. The highest BCUT2D eigenvalue weighted by atomic mass is 16.5. The van der Waals surface area contributed by atoms with Gasteiger partial charge in [-0.1, -0.05) is 0 Å². The molecular formula is C5H6N2O3. The van der Waals surface area contributed by atoms with Crippen molar-refractivity contribution in [2.45, 2.75) is 6.04 Å². The molecule has 1 rings (SSSR count). The first-order valence-corrected chi connectivity index (χ1v) is 2.66. The lowest BCUT2D eigenvalue weighted by Gasteiger charge is -2.03. The SMILES string of the molecule is COC(=O)C1NN=CC1=O. The summed E-state index contributed by atoms with van der Waals surface area (Å²) >= 11 is 0. The molecule has 0 fully saturated rings. The molecule has 0 saturated carbocycles. The van der Waals surface area contributed by atoms with Gasteiger partial charge in [-0.25, -0.2) is 4.79 Å². The Balaban J connectivity index is 2.59. The third-order valence-electron chi connectivity index (χ3n) is 1.12. The van der Waals surface area contributed by atoms with Crippen LogP contribution in [0.3, 0.4) is 0 Å². The average molecular weight is 142 g/mol. The summed E-state index contributed by atoms with van der Waals surface area (Å²) in [6.45, 7) is 0. The van der Waals surface area contributed by atoms with E-state index in [1.165, 1.54) is 7.11 Å². The van der Waals surface area contributed by atoms with Gasteiger partial charge in [-0.3, -0.25) is 10.2 Å². The molecule has 54 valence electrons. The maximum absolute atomic E-state index is 10.7. The van der Waals surface area contributed by atoms with Crippen molar-refractivity contribution in [1.82, 2.24) is 5.43 Å². The minimum atomic E-state index is -0.926. The minimum Gasteiger partial charge on any atom is -0.467 e. The summed E-state index contributed by atoms with van der Waals surface area (Å²) in [7, 11) is 1.22. The summed E-state index contributed by atoms with van der Waals surface area (Å²) in [5.41, 5.74) is 2.30. The van der Waals surface area contributed by atoms with E-state index in [9.17, 15) is 9.59 Å². The van der Waals surface area contributed by atoms with Crippen molar-refractivity contribution < 1.29 is 14.3 Å². The topological polar surface area (TPSA) is 67.8 Å². The number of rotatable bonds is 1. The lowest BCUT2D eigenvalue weighted by Crippen LogP contribution is -2.37. The molecule has 0 aromatic carbocycles. The normalized spacial score (nSPS) is 22.5. The number of hydrazone groups is 1. The van der Waals surface area contributed by atoms with Crippen molar-refractivity contribution in [3.8, 4) is 0 Å². The molecule has 1 unspecified atom stereocenters. The minimum absolute atomic E-state index is 0.369. The number of hydrogen-bond donors (Lipinski definition) is 1. The van der Waals surface area contributed by atoms with Gasteiger partial charge in [-0.2, -0.15) is 5.10 Å². The first kappa shape index (κ1) is 6.73. The second-order valence-corrected chi connectivity index (χ2v) is 1.75. The number of ether oxygens (including phenoxy) is 1. The van der Waals surface area contributed by atoms with Gasteiger partial charge in [-0.15, -0.1) is 0 Å². The number of carbonyl (C=O) groups is 2. The van der Waals surface area contributed by atoms with Crippen LogP contribution in [-0.2, 0) is 14.3 Å². The number of esters is 1. The second-order valence-electron chi connectivity index (χ2n) is 1.75. The Morgan fingerprint density at radius 2 is 2.60 bits per heavy atom. The van der Waals surface area contributed by atoms with Gasteiger partial charge in [0.15, 0.2) is 0 Å². The molecule has 0 spiro atoms. The number of methoxy groups -OCH3 is 1. The Morgan fingerprint density at radius 3 is 3.00 bits per heavy atom. The molecule has 1 aliphatic rings. The molecule has 1 aliphatic heterocycles. The number of hydrogen-bond acceptors (Lipinski definition) is 5. The first-order chi connectivity index (χ1) is 4.75. The maximum Gasteiger partial charge on any atom is 0.338 e. The number of nitrogens with one attached hydrogen (secondary N) is 1. The molecule has 0 amide bonds. The maximum atomic E-state index is 10.7. The van der Waals surface area contributed by atoms with Crippen LogP contribution in [0.15, 0.2) is 5.10 Å². The van der Waals surface area contributed by atoms with E-state index in [-0.39, 0.29) is 5.78 Å². The first-order valence-electron chi connectivity index (χ1n) is 2.66. The summed E-state index contributed by atoms with van der Waals surface area (Å²) in [5.74, 6) is -0.977. The Hall–Kier alpha value is -1.39. The molecule has 0 radical (unpaired) electrons. The van der Waals surface area contributed by atoms with Gasteiger partial charge >= 0.3 is 5.97 Å². The summed E-state index contributed by atoms with van der Waals surface area (Å²) in [6, 6.07) is -0.926. The summed E-state index contributed by atoms with van der Waals surface area (Å²) in [4.78, 5) is 21.3. The van der Waals surface area contributed by atoms with Gasteiger partial charge in [0.05, 0.1) is 13.3 Å². The molecule has 0 bridgehead atoms. The zero-order chi connectivity index (χ0) is 7.56. The summed E-state index contributed by atoms with van der Waals surface area (Å²) in [6.07, 6.45) is 1.06. The van der Waals surface area contributed by atoms with Gasteiger partial charge in [-0.05, 0) is 0 Å². The number of Topliss-reactive ketones (excluding diaryl/α,β-unsaturated/α-hetero) is 1. The Labute approximate surface area is 57.0 Å². The number of nitrogens with zero attached hydrogens (tertiary/aromatic N) is 1. The molecule has 10 heavy (non-hydrogen) atoms. The Morgan fingerprint density at radius 1 is 1.90 bits per heavy atom. The zero-order valence-electron chi connectivity index (χ0n) is 5.33. The van der Waals surface area contributed by atoms with Crippen molar-refractivity contribution in [2.75, 3.05) is 7.11 Å². The molecular weight excluding hydrogens is 136 g/mol. The van der Waals surface area contributed by atoms with Crippen LogP contribution in [0, 0.1) is 0 Å². The third-order valence-corrected chi connectivity index (χ3v) is 1.12. The number of carbonyl (C=O) groups excluding carboxylic acids is 2. The Bertz CT molecular complexity index is 199. The van der Waals surface area contributed by atoms with Crippen molar-refractivity contribution >= 4 is 18.0 Å². The average Bonchev–Trinajstić information content (AvgIpc) is 2.34. The standard InChI is InChI=1S/C5H6N2O3/c1-10-5(9)4-3(8)2-6-7-4/h2,4,7H,1H3. The fourth-order valence-electron chi connectivity index (χ4n) is 0.600. The van der Waals surface area contributed by atoms with Crippen LogP contribution < -0.4 is 5.43 Å². The van der Waals surface area contributed by atoms with Crippen LogP contribution in [0.1, 0.15) is 0 Å². The molecule has 0 aliphatic carbocycles. The van der Waals surface area contributed by atoms with Crippen molar-refractivity contribution in [2.24, 2.45) is 5.10 Å². The van der Waals surface area contributed by atoms with Crippen LogP contribution in [0.2, 0.25) is 0 Å². The second kappa shape index (κ2) is 2.47. The highest BCUT2D eigenvalue weighted by Gasteiger charge is 2.28. The molecule has 1 atom stereocenters. The van der Waals surface area contributed by atoms with Gasteiger partial charge < -0.3 is 4.74 Å². The zero-order valence-corrected chi connectivity index (χ0v) is 5.33. The van der Waals surface area contributed by atoms with E-state index < -0.39 is 12.0 Å². The molecule has 0 aromatic heterocycles. The fraction of sp³-hybridized carbons (Fsp3) is 0.400. The highest BCUT2D eigenvalue weighted by Crippen LogP contribution is 1.93. The smallest absolute Gasteiger partial charge is 0.338 e. The van der Waals surface area contributed by atoms with Crippen molar-refractivity contribution in [1.29, 1.82) is 0 Å². The van der Waals surface area contributed by atoms with Crippen LogP contribution in [0.25, 0.3) is 0 Å². The van der Waals surface area contributed by atoms with E-state index in [1.807, 2.05) is 0 Å². The third kappa shape index (κ3) is 0.975. The Kier molecular flexibility index (Phi) is 1.66. The van der Waals surface area contributed by atoms with E-state index in [0.29, 0.717) is 0 Å². The van der Waals surface area contributed by atoms with Crippen LogP contribution >= 0.6 is 0 Å². The van der Waals surface area contributed by atoms with E-state index >= 15 is 0 Å². The van der Waals surface area contributed by atoms with Crippen LogP contribution in [0.5, 0.6) is 0 Å². The van der Waals surface area contributed by atoms with E-state index in [4.69, 9.17) is 0 Å². The summed E-state index contributed by atoms with van der Waals surface area (Å²) in [5, 5.41) is 3.39. The molecule has 0 aromatic rings. The fourth-order valence-corrected chi connectivity index (χ4v) is 0.600. The molecule has 1 heterocycles. The predicted octanol–water partition coefficient (Wildman–Crippen LogP) is -1.31. The van der Waals surface area contributed by atoms with Gasteiger partial charge in [0.2, 0.25) is 11.8 Å². The predicted molar refractivity (Wildman–Crippen MR) is 32.4 cm³/mol. The van der Waals surface area contributed by atoms with Crippen molar-refractivity contribution in [3.05, 3.63) is 0 Å². The van der Waals surface area contributed by atoms with E-state index in [2.05, 4.69) is 15.3 Å². The van der Waals surface area contributed by atoms with Crippen LogP contribution in [0.4, 0.5) is 0 Å². The molecule has 0 saturated heterocycles.